The fraction of sp³-hybridized carbons (Fsp3) is 0.917. The Morgan fingerprint density at radius 3 is 2.36 bits per heavy atom. The van der Waals surface area contributed by atoms with Crippen LogP contribution in [0.2, 0.25) is 0 Å². The highest BCUT2D eigenvalue weighted by molar-refractivity contribution is 5.83. The molecule has 0 heterocycles. The van der Waals surface area contributed by atoms with Crippen molar-refractivity contribution in [1.29, 1.82) is 0 Å². The van der Waals surface area contributed by atoms with Gasteiger partial charge in [0.05, 0.1) is 0 Å². The minimum Gasteiger partial charge on any atom is -0.327 e. The molecule has 0 aliphatic heterocycles. The number of Topliss-reactive ketones (excluding diaryl/α,β-unsaturated/α-hetero) is 1. The zero-order valence-corrected chi connectivity index (χ0v) is 9.68. The maximum Gasteiger partial charge on any atom is 0.138 e. The van der Waals surface area contributed by atoms with Gasteiger partial charge in [0.2, 0.25) is 0 Å². The van der Waals surface area contributed by atoms with Gasteiger partial charge in [0.25, 0.3) is 0 Å². The van der Waals surface area contributed by atoms with E-state index in [-0.39, 0.29) is 11.5 Å². The highest BCUT2D eigenvalue weighted by Gasteiger charge is 2.28. The Labute approximate surface area is 87.2 Å². The summed E-state index contributed by atoms with van der Waals surface area (Å²) in [5, 5.41) is 0. The van der Waals surface area contributed by atoms with E-state index in [1.165, 1.54) is 12.8 Å². The summed E-state index contributed by atoms with van der Waals surface area (Å²) >= 11 is 0. The minimum absolute atomic E-state index is 0.197. The molecule has 1 saturated carbocycles. The topological polar surface area (TPSA) is 43.1 Å². The lowest BCUT2D eigenvalue weighted by molar-refractivity contribution is -0.127. The molecule has 2 N–H and O–H groups in total. The van der Waals surface area contributed by atoms with E-state index in [1.54, 1.807) is 0 Å². The fourth-order valence-corrected chi connectivity index (χ4v) is 2.03. The lowest BCUT2D eigenvalue weighted by atomic mass is 9.77. The molecular formula is C12H23NO. The number of carbonyl (C=O) groups is 1. The monoisotopic (exact) mass is 197 g/mol. The van der Waals surface area contributed by atoms with Crippen LogP contribution in [0.15, 0.2) is 0 Å². The predicted molar refractivity (Wildman–Crippen MR) is 59.0 cm³/mol. The molecule has 82 valence electrons. The molecule has 14 heavy (non-hydrogen) atoms. The first-order chi connectivity index (χ1) is 6.41. The number of rotatable bonds is 2. The van der Waals surface area contributed by atoms with Crippen LogP contribution in [0.3, 0.4) is 0 Å². The maximum atomic E-state index is 11.8. The third-order valence-corrected chi connectivity index (χ3v) is 3.25. The molecule has 0 spiro atoms. The van der Waals surface area contributed by atoms with Gasteiger partial charge >= 0.3 is 0 Å². The van der Waals surface area contributed by atoms with Gasteiger partial charge in [-0.15, -0.1) is 0 Å². The summed E-state index contributed by atoms with van der Waals surface area (Å²) in [4.78, 5) is 11.8. The average molecular weight is 197 g/mol. The summed E-state index contributed by atoms with van der Waals surface area (Å²) in [6.07, 6.45) is 5.41. The van der Waals surface area contributed by atoms with Crippen molar-refractivity contribution in [3.8, 4) is 0 Å². The molecule has 1 rings (SSSR count). The summed E-state index contributed by atoms with van der Waals surface area (Å²) in [5.41, 5.74) is 5.82. The predicted octanol–water partition coefficient (Wildman–Crippen LogP) is 2.51. The number of carbonyl (C=O) groups excluding carboxylic acids is 1. The molecule has 2 atom stereocenters. The number of nitrogens with two attached hydrogens (primary N) is 1. The quantitative estimate of drug-likeness (QED) is 0.739. The van der Waals surface area contributed by atoms with E-state index >= 15 is 0 Å². The normalized spacial score (nSPS) is 28.9. The van der Waals surface area contributed by atoms with E-state index in [0.29, 0.717) is 18.1 Å². The molecule has 1 fully saturated rings. The summed E-state index contributed by atoms with van der Waals surface area (Å²) in [5.74, 6) is 0.801. The first kappa shape index (κ1) is 11.7. The van der Waals surface area contributed by atoms with Gasteiger partial charge in [0.15, 0.2) is 0 Å². The van der Waals surface area contributed by atoms with Crippen molar-refractivity contribution < 1.29 is 4.79 Å². The lowest BCUT2D eigenvalue weighted by Crippen LogP contribution is -2.36. The zero-order valence-electron chi connectivity index (χ0n) is 9.68. The van der Waals surface area contributed by atoms with E-state index < -0.39 is 0 Å². The molecule has 2 unspecified atom stereocenters. The molecule has 1 aliphatic rings. The van der Waals surface area contributed by atoms with E-state index in [2.05, 4.69) is 0 Å². The van der Waals surface area contributed by atoms with Crippen molar-refractivity contribution in [2.45, 2.75) is 58.9 Å². The molecule has 0 aromatic heterocycles. The van der Waals surface area contributed by atoms with Crippen LogP contribution in [-0.4, -0.2) is 11.8 Å². The molecule has 0 aromatic rings. The van der Waals surface area contributed by atoms with Crippen LogP contribution in [-0.2, 0) is 4.79 Å². The van der Waals surface area contributed by atoms with Gasteiger partial charge in [0.1, 0.15) is 5.78 Å². The second kappa shape index (κ2) is 4.43. The van der Waals surface area contributed by atoms with Gasteiger partial charge in [-0.3, -0.25) is 4.79 Å². The Morgan fingerprint density at radius 2 is 1.86 bits per heavy atom. The van der Waals surface area contributed by atoms with Crippen molar-refractivity contribution in [1.82, 2.24) is 0 Å². The molecule has 0 saturated heterocycles. The molecule has 0 aromatic carbocycles. The molecule has 2 heteroatoms. The Bertz CT molecular complexity index is 205. The van der Waals surface area contributed by atoms with Crippen LogP contribution in [0, 0.1) is 11.3 Å². The summed E-state index contributed by atoms with van der Waals surface area (Å²) in [6.45, 7) is 5.97. The highest BCUT2D eigenvalue weighted by atomic mass is 16.1. The third kappa shape index (κ3) is 3.09. The van der Waals surface area contributed by atoms with Crippen LogP contribution in [0.4, 0.5) is 0 Å². The lowest BCUT2D eigenvalue weighted by Gasteiger charge is -2.30. The van der Waals surface area contributed by atoms with Gasteiger partial charge in [0, 0.05) is 17.9 Å². The first-order valence-electron chi connectivity index (χ1n) is 5.70. The smallest absolute Gasteiger partial charge is 0.138 e. The van der Waals surface area contributed by atoms with Crippen LogP contribution in [0.1, 0.15) is 52.9 Å². The number of hydrogen-bond acceptors (Lipinski definition) is 2. The van der Waals surface area contributed by atoms with E-state index in [4.69, 9.17) is 5.73 Å². The molecule has 0 radical (unpaired) electrons. The molecular weight excluding hydrogens is 174 g/mol. The Balaban J connectivity index is 2.46. The van der Waals surface area contributed by atoms with Crippen molar-refractivity contribution in [2.24, 2.45) is 17.1 Å². The summed E-state index contributed by atoms with van der Waals surface area (Å²) in [6, 6.07) is 0.259. The molecule has 1 aliphatic carbocycles. The van der Waals surface area contributed by atoms with E-state index in [9.17, 15) is 4.79 Å². The zero-order chi connectivity index (χ0) is 10.8. The SMILES string of the molecule is CC(C)(C)C(=O)CC1CCCCC1N. The van der Waals surface area contributed by atoms with Gasteiger partial charge in [-0.2, -0.15) is 0 Å². The highest BCUT2D eigenvalue weighted by Crippen LogP contribution is 2.29. The average Bonchev–Trinajstić information content (AvgIpc) is 2.07. The Kier molecular flexibility index (Phi) is 3.71. The van der Waals surface area contributed by atoms with Crippen molar-refractivity contribution in [2.75, 3.05) is 0 Å². The van der Waals surface area contributed by atoms with E-state index in [0.717, 1.165) is 12.8 Å². The van der Waals surface area contributed by atoms with E-state index in [1.807, 2.05) is 20.8 Å². The van der Waals surface area contributed by atoms with Crippen molar-refractivity contribution in [3.05, 3.63) is 0 Å². The van der Waals surface area contributed by atoms with Crippen LogP contribution in [0.25, 0.3) is 0 Å². The largest absolute Gasteiger partial charge is 0.327 e. The van der Waals surface area contributed by atoms with Crippen molar-refractivity contribution >= 4 is 5.78 Å². The fourth-order valence-electron chi connectivity index (χ4n) is 2.03. The van der Waals surface area contributed by atoms with Crippen LogP contribution < -0.4 is 5.73 Å². The van der Waals surface area contributed by atoms with Gasteiger partial charge in [-0.25, -0.2) is 0 Å². The molecule has 2 nitrogen and oxygen atoms in total. The number of hydrogen-bond donors (Lipinski definition) is 1. The maximum absolute atomic E-state index is 11.8. The minimum atomic E-state index is -0.197. The second-order valence-corrected chi connectivity index (χ2v) is 5.59. The van der Waals surface area contributed by atoms with Gasteiger partial charge in [-0.1, -0.05) is 33.6 Å². The Hall–Kier alpha value is -0.370. The van der Waals surface area contributed by atoms with Crippen molar-refractivity contribution in [3.63, 3.8) is 0 Å². The van der Waals surface area contributed by atoms with Gasteiger partial charge in [-0.05, 0) is 18.8 Å². The third-order valence-electron chi connectivity index (χ3n) is 3.25. The second-order valence-electron chi connectivity index (χ2n) is 5.59. The molecule has 0 bridgehead atoms. The van der Waals surface area contributed by atoms with Crippen LogP contribution in [0.5, 0.6) is 0 Å². The van der Waals surface area contributed by atoms with Crippen LogP contribution >= 0.6 is 0 Å². The molecule has 0 amide bonds. The number of ketones is 1. The summed E-state index contributed by atoms with van der Waals surface area (Å²) in [7, 11) is 0. The van der Waals surface area contributed by atoms with Gasteiger partial charge < -0.3 is 5.73 Å². The first-order valence-corrected chi connectivity index (χ1v) is 5.70. The standard InChI is InChI=1S/C12H23NO/c1-12(2,3)11(14)8-9-6-4-5-7-10(9)13/h9-10H,4-8,13H2,1-3H3. The summed E-state index contributed by atoms with van der Waals surface area (Å²) < 4.78 is 0. The Morgan fingerprint density at radius 1 is 1.29 bits per heavy atom.